The van der Waals surface area contributed by atoms with E-state index in [1.54, 1.807) is 0 Å². The van der Waals surface area contributed by atoms with E-state index in [1.165, 1.54) is 0 Å². The molecule has 0 aliphatic carbocycles. The first-order valence-electron chi connectivity index (χ1n) is 5.47. The second-order valence-electron chi connectivity index (χ2n) is 3.65. The highest BCUT2D eigenvalue weighted by molar-refractivity contribution is 5.57. The summed E-state index contributed by atoms with van der Waals surface area (Å²) < 4.78 is 5.75. The van der Waals surface area contributed by atoms with Gasteiger partial charge < -0.3 is 9.73 Å². The fourth-order valence-electron chi connectivity index (χ4n) is 1.59. The van der Waals surface area contributed by atoms with Crippen LogP contribution in [0.25, 0.3) is 11.3 Å². The molecule has 0 radical (unpaired) electrons. The van der Waals surface area contributed by atoms with E-state index >= 15 is 0 Å². The predicted molar refractivity (Wildman–Crippen MR) is 64.8 cm³/mol. The van der Waals surface area contributed by atoms with Gasteiger partial charge >= 0.3 is 0 Å². The van der Waals surface area contributed by atoms with Crippen LogP contribution in [-0.2, 0) is 6.54 Å². The Kier molecular flexibility index (Phi) is 3.57. The standard InChI is InChI=1S/C14H15NO/c1-2-10-15-11-13-8-9-14(16-13)12-6-4-3-5-7-12/h2-9,15H,1,10-11H2/p+1. The van der Waals surface area contributed by atoms with Gasteiger partial charge in [0.25, 0.3) is 0 Å². The van der Waals surface area contributed by atoms with E-state index in [1.807, 2.05) is 36.4 Å². The first-order chi connectivity index (χ1) is 7.90. The highest BCUT2D eigenvalue weighted by atomic mass is 16.3. The van der Waals surface area contributed by atoms with E-state index in [9.17, 15) is 0 Å². The monoisotopic (exact) mass is 214 g/mol. The number of rotatable bonds is 5. The highest BCUT2D eigenvalue weighted by Gasteiger charge is 2.04. The van der Waals surface area contributed by atoms with Gasteiger partial charge in [0.1, 0.15) is 12.3 Å². The Bertz CT molecular complexity index is 445. The van der Waals surface area contributed by atoms with Crippen LogP contribution in [0.15, 0.2) is 59.5 Å². The maximum absolute atomic E-state index is 5.75. The molecule has 0 fully saturated rings. The van der Waals surface area contributed by atoms with Crippen LogP contribution < -0.4 is 5.32 Å². The first kappa shape index (κ1) is 10.7. The van der Waals surface area contributed by atoms with Crippen molar-refractivity contribution in [3.8, 4) is 11.3 Å². The fraction of sp³-hybridized carbons (Fsp3) is 0.143. The van der Waals surface area contributed by atoms with Crippen molar-refractivity contribution in [3.63, 3.8) is 0 Å². The zero-order valence-electron chi connectivity index (χ0n) is 9.23. The van der Waals surface area contributed by atoms with Crippen molar-refractivity contribution in [3.05, 3.63) is 60.9 Å². The molecule has 2 N–H and O–H groups in total. The molecule has 0 saturated heterocycles. The topological polar surface area (TPSA) is 29.8 Å². The third-order valence-electron chi connectivity index (χ3n) is 2.40. The van der Waals surface area contributed by atoms with E-state index in [-0.39, 0.29) is 0 Å². The van der Waals surface area contributed by atoms with Gasteiger partial charge in [-0.25, -0.2) is 0 Å². The average molecular weight is 214 g/mol. The number of nitrogens with two attached hydrogens (primary N) is 1. The quantitative estimate of drug-likeness (QED) is 0.600. The maximum Gasteiger partial charge on any atom is 0.158 e. The van der Waals surface area contributed by atoms with Gasteiger partial charge in [-0.1, -0.05) is 36.9 Å². The van der Waals surface area contributed by atoms with Gasteiger partial charge in [-0.3, -0.25) is 0 Å². The van der Waals surface area contributed by atoms with E-state index < -0.39 is 0 Å². The molecule has 1 aromatic heterocycles. The third-order valence-corrected chi connectivity index (χ3v) is 2.40. The summed E-state index contributed by atoms with van der Waals surface area (Å²) in [6, 6.07) is 14.2. The van der Waals surface area contributed by atoms with Crippen LogP contribution in [0.5, 0.6) is 0 Å². The van der Waals surface area contributed by atoms with E-state index in [2.05, 4.69) is 24.0 Å². The van der Waals surface area contributed by atoms with Crippen molar-refractivity contribution in [2.24, 2.45) is 0 Å². The summed E-state index contributed by atoms with van der Waals surface area (Å²) in [5.74, 6) is 1.93. The Hall–Kier alpha value is -1.80. The van der Waals surface area contributed by atoms with Gasteiger partial charge in [0.05, 0.1) is 6.54 Å². The smallest absolute Gasteiger partial charge is 0.158 e. The molecule has 2 nitrogen and oxygen atoms in total. The van der Waals surface area contributed by atoms with Crippen LogP contribution >= 0.6 is 0 Å². The van der Waals surface area contributed by atoms with Gasteiger partial charge in [0.2, 0.25) is 0 Å². The molecular weight excluding hydrogens is 198 g/mol. The van der Waals surface area contributed by atoms with Crippen molar-refractivity contribution < 1.29 is 9.73 Å². The molecule has 16 heavy (non-hydrogen) atoms. The van der Waals surface area contributed by atoms with Crippen molar-refractivity contribution in [2.45, 2.75) is 6.54 Å². The minimum Gasteiger partial charge on any atom is -0.455 e. The summed E-state index contributed by atoms with van der Waals surface area (Å²) in [5.41, 5.74) is 1.12. The molecule has 2 rings (SSSR count). The molecule has 82 valence electrons. The Labute approximate surface area is 95.6 Å². The van der Waals surface area contributed by atoms with Crippen molar-refractivity contribution >= 4 is 0 Å². The molecule has 1 aromatic carbocycles. The molecular formula is C14H16NO+. The maximum atomic E-state index is 5.75. The zero-order chi connectivity index (χ0) is 11.2. The van der Waals surface area contributed by atoms with E-state index in [4.69, 9.17) is 4.42 Å². The van der Waals surface area contributed by atoms with Gasteiger partial charge in [-0.15, -0.1) is 0 Å². The Morgan fingerprint density at radius 3 is 2.69 bits per heavy atom. The number of quaternary nitrogens is 1. The largest absolute Gasteiger partial charge is 0.455 e. The minimum absolute atomic E-state index is 0.860. The third kappa shape index (κ3) is 2.61. The molecule has 2 heteroatoms. The molecule has 0 atom stereocenters. The molecule has 0 aliphatic rings. The van der Waals surface area contributed by atoms with Crippen LogP contribution in [-0.4, -0.2) is 6.54 Å². The van der Waals surface area contributed by atoms with Crippen LogP contribution in [0.2, 0.25) is 0 Å². The number of furan rings is 1. The summed E-state index contributed by atoms with van der Waals surface area (Å²) in [4.78, 5) is 0. The molecule has 0 bridgehead atoms. The summed E-state index contributed by atoms with van der Waals surface area (Å²) in [6.45, 7) is 5.46. The van der Waals surface area contributed by atoms with Crippen LogP contribution in [0.4, 0.5) is 0 Å². The van der Waals surface area contributed by atoms with Crippen molar-refractivity contribution in [1.29, 1.82) is 0 Å². The Balaban J connectivity index is 2.05. The lowest BCUT2D eigenvalue weighted by Gasteiger charge is -1.96. The lowest BCUT2D eigenvalue weighted by molar-refractivity contribution is -0.663. The van der Waals surface area contributed by atoms with E-state index in [0.717, 1.165) is 30.2 Å². The highest BCUT2D eigenvalue weighted by Crippen LogP contribution is 2.20. The van der Waals surface area contributed by atoms with E-state index in [0.29, 0.717) is 0 Å². The fourth-order valence-corrected chi connectivity index (χ4v) is 1.59. The van der Waals surface area contributed by atoms with Crippen LogP contribution in [0.3, 0.4) is 0 Å². The summed E-state index contributed by atoms with van der Waals surface area (Å²) in [5, 5.41) is 2.15. The van der Waals surface area contributed by atoms with Gasteiger partial charge in [0, 0.05) is 5.56 Å². The second-order valence-corrected chi connectivity index (χ2v) is 3.65. The predicted octanol–water partition coefficient (Wildman–Crippen LogP) is 2.20. The minimum atomic E-state index is 0.860. The van der Waals surface area contributed by atoms with Crippen molar-refractivity contribution in [2.75, 3.05) is 6.54 Å². The second kappa shape index (κ2) is 5.33. The normalized spacial score (nSPS) is 10.2. The zero-order valence-corrected chi connectivity index (χ0v) is 9.23. The number of hydrogen-bond donors (Lipinski definition) is 1. The lowest BCUT2D eigenvalue weighted by atomic mass is 10.2. The molecule has 0 aliphatic heterocycles. The van der Waals surface area contributed by atoms with Gasteiger partial charge in [-0.2, -0.15) is 0 Å². The molecule has 1 heterocycles. The summed E-state index contributed by atoms with van der Waals surface area (Å²) >= 11 is 0. The summed E-state index contributed by atoms with van der Waals surface area (Å²) in [6.07, 6.45) is 1.89. The lowest BCUT2D eigenvalue weighted by Crippen LogP contribution is -2.82. The Morgan fingerprint density at radius 2 is 1.94 bits per heavy atom. The molecule has 0 amide bonds. The van der Waals surface area contributed by atoms with Crippen molar-refractivity contribution in [1.82, 2.24) is 0 Å². The molecule has 0 saturated carbocycles. The number of hydrogen-bond acceptors (Lipinski definition) is 1. The van der Waals surface area contributed by atoms with Crippen LogP contribution in [0.1, 0.15) is 5.76 Å². The van der Waals surface area contributed by atoms with Gasteiger partial charge in [-0.05, 0) is 18.2 Å². The average Bonchev–Trinajstić information content (AvgIpc) is 2.79. The Morgan fingerprint density at radius 1 is 1.12 bits per heavy atom. The number of benzene rings is 1. The molecule has 2 aromatic rings. The van der Waals surface area contributed by atoms with Crippen LogP contribution in [0, 0.1) is 0 Å². The summed E-state index contributed by atoms with van der Waals surface area (Å²) in [7, 11) is 0. The van der Waals surface area contributed by atoms with Gasteiger partial charge in [0.15, 0.2) is 5.76 Å². The molecule has 0 spiro atoms. The SMILES string of the molecule is C=CC[NH2+]Cc1ccc(-c2ccccc2)o1. The first-order valence-corrected chi connectivity index (χ1v) is 5.47. The molecule has 0 unspecified atom stereocenters.